The Morgan fingerprint density at radius 2 is 1.96 bits per heavy atom. The smallest absolute Gasteiger partial charge is 0.415 e. The number of alkyl halides is 2. The molecule has 0 radical (unpaired) electrons. The van der Waals surface area contributed by atoms with Crippen molar-refractivity contribution in [1.82, 2.24) is 4.90 Å². The first-order valence-electron chi connectivity index (χ1n) is 8.09. The van der Waals surface area contributed by atoms with Gasteiger partial charge in [0.2, 0.25) is 0 Å². The van der Waals surface area contributed by atoms with E-state index in [4.69, 9.17) is 44.3 Å². The molecule has 1 saturated carbocycles. The second kappa shape index (κ2) is 7.59. The van der Waals surface area contributed by atoms with E-state index in [2.05, 4.69) is 0 Å². The molecule has 4 nitrogen and oxygen atoms in total. The Kier molecular flexibility index (Phi) is 5.68. The highest BCUT2D eigenvalue weighted by atomic mass is 35.5. The maximum atomic E-state index is 12.1. The molecule has 1 aromatic carbocycles. The summed E-state index contributed by atoms with van der Waals surface area (Å²) in [5.74, 6) is 2.34. The molecule has 2 fully saturated rings. The largest absolute Gasteiger partial charge is 0.492 e. The summed E-state index contributed by atoms with van der Waals surface area (Å²) in [6.07, 6.45) is 2.68. The van der Waals surface area contributed by atoms with E-state index in [1.54, 1.807) is 23.1 Å². The fourth-order valence-electron chi connectivity index (χ4n) is 2.94. The van der Waals surface area contributed by atoms with E-state index in [9.17, 15) is 4.79 Å². The molecule has 0 N–H and O–H groups in total. The molecule has 1 amide bonds. The average Bonchev–Trinajstić information content (AvgIpc) is 3.02. The van der Waals surface area contributed by atoms with Crippen molar-refractivity contribution in [2.45, 2.75) is 19.3 Å². The average molecular weight is 393 g/mol. The van der Waals surface area contributed by atoms with E-state index >= 15 is 0 Å². The molecule has 0 spiro atoms. The minimum atomic E-state index is -0.328. The molecule has 1 aliphatic carbocycles. The number of carbonyl (C=O) groups is 1. The molecular weight excluding hydrogens is 373 g/mol. The molecule has 0 bridgehead atoms. The predicted molar refractivity (Wildman–Crippen MR) is 95.8 cm³/mol. The molecule has 1 atom stereocenters. The van der Waals surface area contributed by atoms with Crippen LogP contribution < -0.4 is 9.47 Å². The van der Waals surface area contributed by atoms with Gasteiger partial charge in [0.15, 0.2) is 0 Å². The molecule has 7 heteroatoms. The summed E-state index contributed by atoms with van der Waals surface area (Å²) in [5, 5.41) is 0.485. The minimum absolute atomic E-state index is 0.0184. The van der Waals surface area contributed by atoms with Crippen molar-refractivity contribution in [3.63, 3.8) is 0 Å². The Balaban J connectivity index is 1.58. The van der Waals surface area contributed by atoms with Crippen molar-refractivity contribution in [2.75, 3.05) is 31.5 Å². The van der Waals surface area contributed by atoms with Crippen molar-refractivity contribution in [1.29, 1.82) is 0 Å². The highest BCUT2D eigenvalue weighted by Gasteiger charge is 2.53. The Morgan fingerprint density at radius 1 is 1.25 bits per heavy atom. The number of rotatable bonds is 6. The Hall–Kier alpha value is -0.840. The van der Waals surface area contributed by atoms with Crippen molar-refractivity contribution in [3.8, 4) is 11.5 Å². The molecule has 1 heterocycles. The van der Waals surface area contributed by atoms with Gasteiger partial charge in [-0.15, -0.1) is 23.2 Å². The number of nitrogens with zero attached hydrogens (tertiary/aromatic N) is 1. The van der Waals surface area contributed by atoms with Gasteiger partial charge >= 0.3 is 6.09 Å². The number of halogens is 3. The SMILES string of the molecule is O=C(Oc1ccc(Cl)c(OCC2CC2(CCl)CCl)c1)N1CCCC1. The first-order chi connectivity index (χ1) is 11.6. The lowest BCUT2D eigenvalue weighted by Gasteiger charge is -2.16. The number of hydrogen-bond donors (Lipinski definition) is 0. The van der Waals surface area contributed by atoms with Gasteiger partial charge in [-0.1, -0.05) is 11.6 Å². The van der Waals surface area contributed by atoms with Crippen LogP contribution in [-0.2, 0) is 0 Å². The first-order valence-corrected chi connectivity index (χ1v) is 9.54. The van der Waals surface area contributed by atoms with Crippen LogP contribution in [0.3, 0.4) is 0 Å². The molecule has 24 heavy (non-hydrogen) atoms. The van der Waals surface area contributed by atoms with Crippen LogP contribution in [0.15, 0.2) is 18.2 Å². The van der Waals surface area contributed by atoms with E-state index in [1.807, 2.05) is 0 Å². The summed E-state index contributed by atoms with van der Waals surface area (Å²) in [5.41, 5.74) is -0.0184. The van der Waals surface area contributed by atoms with Crippen molar-refractivity contribution >= 4 is 40.9 Å². The fourth-order valence-corrected chi connectivity index (χ4v) is 4.06. The maximum absolute atomic E-state index is 12.1. The van der Waals surface area contributed by atoms with Crippen LogP contribution in [0.2, 0.25) is 5.02 Å². The van der Waals surface area contributed by atoms with Gasteiger partial charge in [-0.25, -0.2) is 4.79 Å². The van der Waals surface area contributed by atoms with Crippen LogP contribution in [0.4, 0.5) is 4.79 Å². The number of ether oxygens (including phenoxy) is 2. The van der Waals surface area contributed by atoms with Gasteiger partial charge in [0.05, 0.1) is 11.6 Å². The summed E-state index contributed by atoms with van der Waals surface area (Å²) < 4.78 is 11.2. The molecular formula is C17H20Cl3NO3. The highest BCUT2D eigenvalue weighted by Crippen LogP contribution is 2.54. The second-order valence-electron chi connectivity index (χ2n) is 6.50. The molecule has 1 aliphatic heterocycles. The van der Waals surface area contributed by atoms with Crippen molar-refractivity contribution in [2.24, 2.45) is 11.3 Å². The van der Waals surface area contributed by atoms with E-state index in [-0.39, 0.29) is 11.5 Å². The zero-order valence-corrected chi connectivity index (χ0v) is 15.5. The lowest BCUT2D eigenvalue weighted by atomic mass is 10.1. The highest BCUT2D eigenvalue weighted by molar-refractivity contribution is 6.32. The number of benzene rings is 1. The zero-order chi connectivity index (χ0) is 17.2. The van der Waals surface area contributed by atoms with Crippen LogP contribution in [0.25, 0.3) is 0 Å². The summed E-state index contributed by atoms with van der Waals surface area (Å²) in [4.78, 5) is 13.8. The topological polar surface area (TPSA) is 38.8 Å². The van der Waals surface area contributed by atoms with Gasteiger partial charge in [0.1, 0.15) is 11.5 Å². The number of likely N-dealkylation sites (tertiary alicyclic amines) is 1. The number of amides is 1. The number of carbonyl (C=O) groups excluding carboxylic acids is 1. The fraction of sp³-hybridized carbons (Fsp3) is 0.588. The van der Waals surface area contributed by atoms with Crippen molar-refractivity contribution in [3.05, 3.63) is 23.2 Å². The summed E-state index contributed by atoms with van der Waals surface area (Å²) in [7, 11) is 0. The van der Waals surface area contributed by atoms with Crippen LogP contribution in [0, 0.1) is 11.3 Å². The van der Waals surface area contributed by atoms with Crippen LogP contribution in [-0.4, -0.2) is 42.4 Å². The van der Waals surface area contributed by atoms with Crippen LogP contribution >= 0.6 is 34.8 Å². The third-order valence-corrected chi connectivity index (χ3v) is 6.18. The summed E-state index contributed by atoms with van der Waals surface area (Å²) >= 11 is 18.1. The Morgan fingerprint density at radius 3 is 2.58 bits per heavy atom. The Labute approximate surface area is 156 Å². The maximum Gasteiger partial charge on any atom is 0.415 e. The quantitative estimate of drug-likeness (QED) is 0.653. The van der Waals surface area contributed by atoms with Gasteiger partial charge < -0.3 is 14.4 Å². The van der Waals surface area contributed by atoms with E-state index in [0.29, 0.717) is 40.8 Å². The summed E-state index contributed by atoms with van der Waals surface area (Å²) in [6, 6.07) is 5.00. The van der Waals surface area contributed by atoms with E-state index in [1.165, 1.54) is 0 Å². The lowest BCUT2D eigenvalue weighted by molar-refractivity contribution is 0.162. The normalized spacial score (nSPS) is 21.6. The third kappa shape index (κ3) is 3.87. The monoisotopic (exact) mass is 391 g/mol. The van der Waals surface area contributed by atoms with Gasteiger partial charge in [-0.05, 0) is 31.4 Å². The molecule has 1 saturated heterocycles. The lowest BCUT2D eigenvalue weighted by Crippen LogP contribution is -2.30. The number of hydrogen-bond acceptors (Lipinski definition) is 3. The van der Waals surface area contributed by atoms with Gasteiger partial charge in [0, 0.05) is 42.2 Å². The predicted octanol–water partition coefficient (Wildman–Crippen LogP) is 4.80. The van der Waals surface area contributed by atoms with E-state index in [0.717, 1.165) is 32.4 Å². The van der Waals surface area contributed by atoms with Gasteiger partial charge in [-0.3, -0.25) is 0 Å². The summed E-state index contributed by atoms with van der Waals surface area (Å²) in [6.45, 7) is 2.00. The molecule has 0 aromatic heterocycles. The van der Waals surface area contributed by atoms with Crippen molar-refractivity contribution < 1.29 is 14.3 Å². The van der Waals surface area contributed by atoms with E-state index < -0.39 is 0 Å². The molecule has 1 unspecified atom stereocenters. The molecule has 3 rings (SSSR count). The third-order valence-electron chi connectivity index (χ3n) is 4.80. The van der Waals surface area contributed by atoms with Crippen LogP contribution in [0.5, 0.6) is 11.5 Å². The Bertz CT molecular complexity index is 601. The second-order valence-corrected chi connectivity index (χ2v) is 7.44. The molecule has 2 aliphatic rings. The minimum Gasteiger partial charge on any atom is -0.492 e. The first kappa shape index (κ1) is 18.0. The zero-order valence-electron chi connectivity index (χ0n) is 13.3. The standard InChI is InChI=1S/C17H20Cl3NO3/c18-10-17(11-19)8-12(17)9-23-15-7-13(3-4-14(15)20)24-16(22)21-5-1-2-6-21/h3-4,7,12H,1-2,5-6,8-11H2. The molecule has 132 valence electrons. The van der Waals surface area contributed by atoms with Gasteiger partial charge in [-0.2, -0.15) is 0 Å². The molecule has 1 aromatic rings. The van der Waals surface area contributed by atoms with Gasteiger partial charge in [0.25, 0.3) is 0 Å². The van der Waals surface area contributed by atoms with Crippen LogP contribution in [0.1, 0.15) is 19.3 Å².